The molecule has 98 valence electrons. The normalized spacial score (nSPS) is 14.9. The number of hydrogen-bond donors (Lipinski definition) is 1. The van der Waals surface area contributed by atoms with Crippen LogP contribution >= 0.6 is 15.9 Å². The van der Waals surface area contributed by atoms with Gasteiger partial charge in [-0.25, -0.2) is 0 Å². The van der Waals surface area contributed by atoms with Gasteiger partial charge in [-0.3, -0.25) is 4.68 Å². The Kier molecular flexibility index (Phi) is 6.11. The lowest BCUT2D eigenvalue weighted by Gasteiger charge is -2.17. The maximum absolute atomic E-state index is 10.2. The number of nitrogens with zero attached hydrogens (tertiary/aromatic N) is 2. The Morgan fingerprint density at radius 2 is 2.24 bits per heavy atom. The molecule has 6 heteroatoms. The number of ether oxygens (including phenoxy) is 2. The third-order valence-electron chi connectivity index (χ3n) is 2.61. The molecule has 1 N–H and O–H groups in total. The van der Waals surface area contributed by atoms with Crippen molar-refractivity contribution in [3.05, 3.63) is 16.4 Å². The summed E-state index contributed by atoms with van der Waals surface area (Å²) in [5.74, 6) is 0. The maximum atomic E-state index is 10.2. The average molecular weight is 307 g/mol. The van der Waals surface area contributed by atoms with Gasteiger partial charge >= 0.3 is 0 Å². The van der Waals surface area contributed by atoms with Gasteiger partial charge in [-0.2, -0.15) is 5.10 Å². The van der Waals surface area contributed by atoms with Crippen LogP contribution in [0.1, 0.15) is 25.1 Å². The highest BCUT2D eigenvalue weighted by Crippen LogP contribution is 2.26. The predicted octanol–water partition coefficient (Wildman–Crippen LogP) is 1.75. The third-order valence-corrected chi connectivity index (χ3v) is 3.22. The van der Waals surface area contributed by atoms with Crippen molar-refractivity contribution in [1.82, 2.24) is 9.78 Å². The lowest BCUT2D eigenvalue weighted by Crippen LogP contribution is -2.17. The van der Waals surface area contributed by atoms with Crippen LogP contribution in [0.3, 0.4) is 0 Å². The average Bonchev–Trinajstić information content (AvgIpc) is 2.67. The van der Waals surface area contributed by atoms with Crippen LogP contribution in [0.5, 0.6) is 0 Å². The van der Waals surface area contributed by atoms with E-state index in [1.807, 2.05) is 6.92 Å². The molecule has 0 bridgehead atoms. The molecule has 1 rings (SSSR count). The minimum Gasteiger partial charge on any atom is -0.387 e. The SMILES string of the molecule is COCCn1ncc(Br)c1C(O)CC(C)OC. The highest BCUT2D eigenvalue weighted by molar-refractivity contribution is 9.10. The largest absolute Gasteiger partial charge is 0.387 e. The quantitative estimate of drug-likeness (QED) is 0.834. The highest BCUT2D eigenvalue weighted by Gasteiger charge is 2.19. The first-order chi connectivity index (χ1) is 8.10. The fourth-order valence-electron chi connectivity index (χ4n) is 1.58. The predicted molar refractivity (Wildman–Crippen MR) is 67.9 cm³/mol. The van der Waals surface area contributed by atoms with E-state index in [0.29, 0.717) is 19.6 Å². The van der Waals surface area contributed by atoms with Crippen LogP contribution < -0.4 is 0 Å². The number of hydrogen-bond acceptors (Lipinski definition) is 4. The van der Waals surface area contributed by atoms with E-state index in [1.165, 1.54) is 0 Å². The van der Waals surface area contributed by atoms with E-state index in [9.17, 15) is 5.11 Å². The van der Waals surface area contributed by atoms with Crippen LogP contribution in [0.4, 0.5) is 0 Å². The number of rotatable bonds is 7. The maximum Gasteiger partial charge on any atom is 0.0992 e. The molecule has 0 aliphatic carbocycles. The van der Waals surface area contributed by atoms with Gasteiger partial charge in [0.15, 0.2) is 0 Å². The molecule has 0 aliphatic rings. The monoisotopic (exact) mass is 306 g/mol. The zero-order valence-corrected chi connectivity index (χ0v) is 12.0. The topological polar surface area (TPSA) is 56.5 Å². The molecule has 0 spiro atoms. The molecule has 0 saturated heterocycles. The number of halogens is 1. The standard InChI is InChI=1S/C11H19BrN2O3/c1-8(17-3)6-10(15)11-9(12)7-13-14(11)4-5-16-2/h7-8,10,15H,4-6H2,1-3H3. The summed E-state index contributed by atoms with van der Waals surface area (Å²) in [6.07, 6.45) is 1.63. The van der Waals surface area contributed by atoms with Crippen molar-refractivity contribution in [2.45, 2.75) is 32.1 Å². The summed E-state index contributed by atoms with van der Waals surface area (Å²) in [5, 5.41) is 14.4. The first kappa shape index (κ1) is 14.6. The Bertz CT molecular complexity index is 343. The first-order valence-electron chi connectivity index (χ1n) is 5.51. The third kappa shape index (κ3) is 4.06. The molecule has 1 heterocycles. The van der Waals surface area contributed by atoms with Gasteiger partial charge in [0.05, 0.1) is 41.7 Å². The van der Waals surface area contributed by atoms with Crippen molar-refractivity contribution in [3.63, 3.8) is 0 Å². The fourth-order valence-corrected chi connectivity index (χ4v) is 2.14. The van der Waals surface area contributed by atoms with E-state index < -0.39 is 6.10 Å². The Labute approximate surface area is 110 Å². The van der Waals surface area contributed by atoms with Crippen LogP contribution in [-0.2, 0) is 16.0 Å². The Balaban J connectivity index is 2.76. The molecule has 2 atom stereocenters. The van der Waals surface area contributed by atoms with Crippen LogP contribution in [0.25, 0.3) is 0 Å². The molecule has 17 heavy (non-hydrogen) atoms. The minimum atomic E-state index is -0.598. The summed E-state index contributed by atoms with van der Waals surface area (Å²) in [6.45, 7) is 3.11. The molecule has 1 aromatic rings. The van der Waals surface area contributed by atoms with Gasteiger partial charge in [-0.05, 0) is 22.9 Å². The van der Waals surface area contributed by atoms with Gasteiger partial charge in [0.1, 0.15) is 0 Å². The molecule has 0 fully saturated rings. The van der Waals surface area contributed by atoms with E-state index in [1.54, 1.807) is 25.1 Å². The van der Waals surface area contributed by atoms with E-state index >= 15 is 0 Å². The van der Waals surface area contributed by atoms with E-state index in [0.717, 1.165) is 10.2 Å². The van der Waals surface area contributed by atoms with Crippen molar-refractivity contribution < 1.29 is 14.6 Å². The van der Waals surface area contributed by atoms with Crippen molar-refractivity contribution in [3.8, 4) is 0 Å². The van der Waals surface area contributed by atoms with Gasteiger partial charge in [0.25, 0.3) is 0 Å². The molecule has 5 nitrogen and oxygen atoms in total. The number of aromatic nitrogens is 2. The van der Waals surface area contributed by atoms with Gasteiger partial charge in [0.2, 0.25) is 0 Å². The molecule has 0 saturated carbocycles. The second-order valence-corrected chi connectivity index (χ2v) is 4.75. The summed E-state index contributed by atoms with van der Waals surface area (Å²) in [4.78, 5) is 0. The molecular formula is C11H19BrN2O3. The molecule has 0 radical (unpaired) electrons. The molecule has 0 aromatic carbocycles. The lowest BCUT2D eigenvalue weighted by atomic mass is 10.1. The Morgan fingerprint density at radius 3 is 2.82 bits per heavy atom. The second kappa shape index (κ2) is 7.10. The zero-order valence-electron chi connectivity index (χ0n) is 10.4. The van der Waals surface area contributed by atoms with Crippen LogP contribution in [0.2, 0.25) is 0 Å². The number of methoxy groups -OCH3 is 2. The molecule has 0 aliphatic heterocycles. The Morgan fingerprint density at radius 1 is 1.53 bits per heavy atom. The summed E-state index contributed by atoms with van der Waals surface area (Å²) in [6, 6.07) is 0. The first-order valence-corrected chi connectivity index (χ1v) is 6.30. The molecular weight excluding hydrogens is 288 g/mol. The van der Waals surface area contributed by atoms with Crippen molar-refractivity contribution >= 4 is 15.9 Å². The number of aliphatic hydroxyl groups is 1. The summed E-state index contributed by atoms with van der Waals surface area (Å²) in [5.41, 5.74) is 0.769. The zero-order chi connectivity index (χ0) is 12.8. The molecule has 0 amide bonds. The van der Waals surface area contributed by atoms with Gasteiger partial charge in [-0.1, -0.05) is 0 Å². The van der Waals surface area contributed by atoms with Crippen molar-refractivity contribution in [1.29, 1.82) is 0 Å². The lowest BCUT2D eigenvalue weighted by molar-refractivity contribution is 0.0513. The molecule has 2 unspecified atom stereocenters. The second-order valence-electron chi connectivity index (χ2n) is 3.89. The van der Waals surface area contributed by atoms with E-state index in [2.05, 4.69) is 21.0 Å². The minimum absolute atomic E-state index is 0.00248. The van der Waals surface area contributed by atoms with Crippen LogP contribution in [0.15, 0.2) is 10.7 Å². The summed E-state index contributed by atoms with van der Waals surface area (Å²) >= 11 is 3.40. The smallest absolute Gasteiger partial charge is 0.0992 e. The summed E-state index contributed by atoms with van der Waals surface area (Å²) in [7, 11) is 3.27. The van der Waals surface area contributed by atoms with Gasteiger partial charge < -0.3 is 14.6 Å². The summed E-state index contributed by atoms with van der Waals surface area (Å²) < 4.78 is 12.7. The highest BCUT2D eigenvalue weighted by atomic mass is 79.9. The van der Waals surface area contributed by atoms with Crippen LogP contribution in [0, 0.1) is 0 Å². The van der Waals surface area contributed by atoms with Crippen molar-refractivity contribution in [2.75, 3.05) is 20.8 Å². The van der Waals surface area contributed by atoms with Gasteiger partial charge in [-0.15, -0.1) is 0 Å². The van der Waals surface area contributed by atoms with E-state index in [4.69, 9.17) is 9.47 Å². The molecule has 1 aromatic heterocycles. The number of aliphatic hydroxyl groups excluding tert-OH is 1. The van der Waals surface area contributed by atoms with Gasteiger partial charge in [0, 0.05) is 20.6 Å². The van der Waals surface area contributed by atoms with E-state index in [-0.39, 0.29) is 6.10 Å². The Hall–Kier alpha value is -0.430. The van der Waals surface area contributed by atoms with Crippen molar-refractivity contribution in [2.24, 2.45) is 0 Å². The van der Waals surface area contributed by atoms with Crippen LogP contribution in [-0.4, -0.2) is 41.8 Å². The fraction of sp³-hybridized carbons (Fsp3) is 0.727.